The molecule has 1 saturated heterocycles. The van der Waals surface area contributed by atoms with Crippen LogP contribution in [0.5, 0.6) is 0 Å². The normalized spacial score (nSPS) is 26.4. The van der Waals surface area contributed by atoms with E-state index in [1.165, 1.54) is 11.3 Å². The number of urea groups is 1. The Balaban J connectivity index is 1.34. The maximum Gasteiger partial charge on any atom is 0.325 e. The van der Waals surface area contributed by atoms with E-state index < -0.39 is 11.6 Å². The quantitative estimate of drug-likeness (QED) is 0.750. The third-order valence-electron chi connectivity index (χ3n) is 7.37. The Labute approximate surface area is 175 Å². The van der Waals surface area contributed by atoms with Gasteiger partial charge in [-0.2, -0.15) is 0 Å². The molecule has 1 spiro atoms. The summed E-state index contributed by atoms with van der Waals surface area (Å²) in [5, 5.41) is 4.08. The summed E-state index contributed by atoms with van der Waals surface area (Å²) in [5.74, 6) is -0.310. The first-order chi connectivity index (χ1) is 14.4. The molecule has 158 valence electrons. The number of benzene rings is 1. The average Bonchev–Trinajstić information content (AvgIpc) is 3.22. The number of para-hydroxylation sites is 1. The van der Waals surface area contributed by atoms with E-state index >= 15 is 0 Å². The van der Waals surface area contributed by atoms with E-state index in [1.807, 2.05) is 13.0 Å². The van der Waals surface area contributed by atoms with Crippen molar-refractivity contribution in [1.82, 2.24) is 20.1 Å². The fraction of sp³-hybridized carbons (Fsp3) is 0.522. The van der Waals surface area contributed by atoms with Crippen LogP contribution in [0.25, 0.3) is 10.9 Å². The number of nitrogens with zero attached hydrogens (tertiary/aromatic N) is 2. The Kier molecular flexibility index (Phi) is 4.38. The van der Waals surface area contributed by atoms with E-state index in [4.69, 9.17) is 0 Å². The molecule has 3 heterocycles. The van der Waals surface area contributed by atoms with E-state index in [1.54, 1.807) is 4.90 Å². The van der Waals surface area contributed by atoms with Crippen molar-refractivity contribution >= 4 is 28.7 Å². The molecule has 2 fully saturated rings. The van der Waals surface area contributed by atoms with Gasteiger partial charge in [-0.15, -0.1) is 0 Å². The van der Waals surface area contributed by atoms with E-state index in [9.17, 15) is 14.4 Å². The number of fused-ring (bicyclic) bond motifs is 3. The molecule has 1 saturated carbocycles. The lowest BCUT2D eigenvalue weighted by Gasteiger charge is -2.37. The van der Waals surface area contributed by atoms with Gasteiger partial charge < -0.3 is 15.2 Å². The molecule has 2 aliphatic heterocycles. The number of imide groups is 1. The molecule has 0 unspecified atom stereocenters. The molecule has 7 nitrogen and oxygen atoms in total. The Bertz CT molecular complexity index is 1060. The lowest BCUT2D eigenvalue weighted by molar-refractivity contribution is -0.141. The summed E-state index contributed by atoms with van der Waals surface area (Å²) in [6, 6.07) is 5.76. The number of aromatic amines is 1. The van der Waals surface area contributed by atoms with Gasteiger partial charge in [0.05, 0.1) is 0 Å². The van der Waals surface area contributed by atoms with Crippen LogP contribution in [-0.2, 0) is 22.6 Å². The number of hydrogen-bond acceptors (Lipinski definition) is 3. The highest BCUT2D eigenvalue weighted by molar-refractivity contribution is 6.09. The van der Waals surface area contributed by atoms with Crippen LogP contribution >= 0.6 is 0 Å². The lowest BCUT2D eigenvalue weighted by atomic mass is 9.73. The molecular weight excluding hydrogens is 380 g/mol. The van der Waals surface area contributed by atoms with Gasteiger partial charge in [-0.1, -0.05) is 38.0 Å². The van der Waals surface area contributed by atoms with Gasteiger partial charge in [-0.3, -0.25) is 14.5 Å². The topological polar surface area (TPSA) is 85.5 Å². The molecule has 30 heavy (non-hydrogen) atoms. The summed E-state index contributed by atoms with van der Waals surface area (Å²) in [4.78, 5) is 45.3. The van der Waals surface area contributed by atoms with Crippen LogP contribution in [0.2, 0.25) is 0 Å². The van der Waals surface area contributed by atoms with E-state index in [-0.39, 0.29) is 24.3 Å². The van der Waals surface area contributed by atoms with Crippen LogP contribution in [0, 0.1) is 12.8 Å². The highest BCUT2D eigenvalue weighted by Crippen LogP contribution is 2.38. The standard InChI is InChI=1S/C23H28N4O3/c1-14-6-5-8-16-17-12-26(11-9-18(17)24-20(14)16)19(28)13-27-21(29)23(25-22(27)30)10-4-3-7-15(23)2/h5-6,8,15,24H,3-4,7,9-13H2,1-2H3,(H,25,30)/t15-,23-/m0/s1. The minimum Gasteiger partial charge on any atom is -0.358 e. The zero-order valence-corrected chi connectivity index (χ0v) is 17.6. The maximum absolute atomic E-state index is 13.2. The Morgan fingerprint density at radius 3 is 2.90 bits per heavy atom. The summed E-state index contributed by atoms with van der Waals surface area (Å²) >= 11 is 0. The van der Waals surface area contributed by atoms with Crippen LogP contribution in [0.3, 0.4) is 0 Å². The summed E-state index contributed by atoms with van der Waals surface area (Å²) in [7, 11) is 0. The van der Waals surface area contributed by atoms with Gasteiger partial charge in [0.15, 0.2) is 0 Å². The molecule has 0 bridgehead atoms. The number of rotatable bonds is 2. The fourth-order valence-corrected chi connectivity index (χ4v) is 5.47. The summed E-state index contributed by atoms with van der Waals surface area (Å²) in [6.07, 6.45) is 4.32. The molecule has 7 heteroatoms. The molecule has 2 N–H and O–H groups in total. The smallest absolute Gasteiger partial charge is 0.325 e. The number of aromatic nitrogens is 1. The van der Waals surface area contributed by atoms with Crippen molar-refractivity contribution in [2.75, 3.05) is 13.1 Å². The van der Waals surface area contributed by atoms with Crippen molar-refractivity contribution in [3.63, 3.8) is 0 Å². The number of carbonyl (C=O) groups excluding carboxylic acids is 3. The molecule has 1 aliphatic carbocycles. The van der Waals surface area contributed by atoms with Crippen molar-refractivity contribution in [3.8, 4) is 0 Å². The second-order valence-electron chi connectivity index (χ2n) is 9.08. The van der Waals surface area contributed by atoms with Gasteiger partial charge in [-0.05, 0) is 31.2 Å². The largest absolute Gasteiger partial charge is 0.358 e. The van der Waals surface area contributed by atoms with E-state index in [0.29, 0.717) is 19.5 Å². The molecule has 2 aromatic rings. The Morgan fingerprint density at radius 2 is 2.10 bits per heavy atom. The van der Waals surface area contributed by atoms with Crippen LogP contribution in [0.1, 0.15) is 49.4 Å². The predicted octanol–water partition coefficient (Wildman–Crippen LogP) is 2.86. The van der Waals surface area contributed by atoms with Gasteiger partial charge in [0.1, 0.15) is 12.1 Å². The van der Waals surface area contributed by atoms with Gasteiger partial charge in [0.25, 0.3) is 5.91 Å². The number of aryl methyl sites for hydroxylation is 1. The highest BCUT2D eigenvalue weighted by Gasteiger charge is 2.55. The third-order valence-corrected chi connectivity index (χ3v) is 7.37. The molecule has 2 atom stereocenters. The van der Waals surface area contributed by atoms with Crippen LogP contribution in [0.4, 0.5) is 4.79 Å². The van der Waals surface area contributed by atoms with Crippen LogP contribution < -0.4 is 5.32 Å². The first-order valence-electron chi connectivity index (χ1n) is 10.9. The molecule has 5 rings (SSSR count). The highest BCUT2D eigenvalue weighted by atomic mass is 16.2. The Hall–Kier alpha value is -2.83. The first kappa shape index (κ1) is 19.2. The van der Waals surface area contributed by atoms with Crippen LogP contribution in [-0.4, -0.2) is 51.3 Å². The van der Waals surface area contributed by atoms with Crippen molar-refractivity contribution in [2.45, 2.75) is 58.0 Å². The van der Waals surface area contributed by atoms with E-state index in [0.717, 1.165) is 47.0 Å². The van der Waals surface area contributed by atoms with Crippen molar-refractivity contribution in [1.29, 1.82) is 0 Å². The van der Waals surface area contributed by atoms with Crippen molar-refractivity contribution < 1.29 is 14.4 Å². The second-order valence-corrected chi connectivity index (χ2v) is 9.08. The summed E-state index contributed by atoms with van der Waals surface area (Å²) in [5.41, 5.74) is 3.81. The number of hydrogen-bond donors (Lipinski definition) is 2. The SMILES string of the molecule is Cc1cccc2c3c([nH]c12)CCN(C(=O)CN1C(=O)N[C@]2(CCCC[C@@H]2C)C1=O)C3. The Morgan fingerprint density at radius 1 is 1.27 bits per heavy atom. The predicted molar refractivity (Wildman–Crippen MR) is 113 cm³/mol. The second kappa shape index (κ2) is 6.86. The van der Waals surface area contributed by atoms with Crippen molar-refractivity contribution in [3.05, 3.63) is 35.0 Å². The molecule has 1 aromatic heterocycles. The average molecular weight is 409 g/mol. The molecule has 4 amide bonds. The van der Waals surface area contributed by atoms with Gasteiger partial charge in [-0.25, -0.2) is 4.79 Å². The maximum atomic E-state index is 13.2. The molecule has 1 aromatic carbocycles. The number of H-pyrrole nitrogens is 1. The summed E-state index contributed by atoms with van der Waals surface area (Å²) in [6.45, 7) is 5.00. The minimum absolute atomic E-state index is 0.0924. The summed E-state index contributed by atoms with van der Waals surface area (Å²) < 4.78 is 0. The third kappa shape index (κ3) is 2.75. The molecule has 0 radical (unpaired) electrons. The van der Waals surface area contributed by atoms with Gasteiger partial charge in [0.2, 0.25) is 5.91 Å². The molecule has 3 aliphatic rings. The number of amides is 4. The van der Waals surface area contributed by atoms with Gasteiger partial charge >= 0.3 is 6.03 Å². The van der Waals surface area contributed by atoms with E-state index in [2.05, 4.69) is 29.4 Å². The monoisotopic (exact) mass is 408 g/mol. The van der Waals surface area contributed by atoms with Gasteiger partial charge in [0, 0.05) is 41.7 Å². The number of carbonyl (C=O) groups is 3. The fourth-order valence-electron chi connectivity index (χ4n) is 5.47. The zero-order chi connectivity index (χ0) is 21.0. The minimum atomic E-state index is -0.820. The number of nitrogens with one attached hydrogen (secondary N) is 2. The zero-order valence-electron chi connectivity index (χ0n) is 17.6. The molecular formula is C23H28N4O3. The lowest BCUT2D eigenvalue weighted by Crippen LogP contribution is -2.54. The van der Waals surface area contributed by atoms with Crippen molar-refractivity contribution in [2.24, 2.45) is 5.92 Å². The van der Waals surface area contributed by atoms with Crippen LogP contribution in [0.15, 0.2) is 18.2 Å². The first-order valence-corrected chi connectivity index (χ1v) is 10.9.